The lowest BCUT2D eigenvalue weighted by atomic mass is 10.3. The van der Waals surface area contributed by atoms with Gasteiger partial charge in [-0.25, -0.2) is 19.9 Å². The Morgan fingerprint density at radius 1 is 0.882 bits per heavy atom. The molecule has 0 aromatic carbocycles. The minimum Gasteiger partial charge on any atom is -0.459 e. The van der Waals surface area contributed by atoms with Crippen molar-refractivity contribution in [2.24, 2.45) is 0 Å². The third kappa shape index (κ3) is 8.75. The van der Waals surface area contributed by atoms with E-state index in [4.69, 9.17) is 9.84 Å². The second-order valence-electron chi connectivity index (χ2n) is 6.94. The number of imidazole rings is 2. The van der Waals surface area contributed by atoms with E-state index in [2.05, 4.69) is 51.8 Å². The molecule has 0 bridgehead atoms. The van der Waals surface area contributed by atoms with E-state index in [1.165, 1.54) is 6.92 Å². The van der Waals surface area contributed by atoms with E-state index in [0.29, 0.717) is 13.1 Å². The predicted molar refractivity (Wildman–Crippen MR) is 138 cm³/mol. The average molecular weight is 659 g/mol. The summed E-state index contributed by atoms with van der Waals surface area (Å²) in [7, 11) is 0. The molecule has 4 heterocycles. The number of aliphatic hydroxyl groups excluding tert-OH is 1. The van der Waals surface area contributed by atoms with Crippen molar-refractivity contribution in [1.29, 1.82) is 0 Å². The van der Waals surface area contributed by atoms with E-state index in [1.54, 1.807) is 37.4 Å². The largest absolute Gasteiger partial charge is 0.459 e. The molecule has 9 nitrogen and oxygen atoms in total. The van der Waals surface area contributed by atoms with Crippen LogP contribution in [0.25, 0.3) is 0 Å². The zero-order chi connectivity index (χ0) is 23.6. The Labute approximate surface area is 224 Å². The fourth-order valence-electron chi connectivity index (χ4n) is 2.80. The first-order valence-corrected chi connectivity index (χ1v) is 11.5. The van der Waals surface area contributed by atoms with Crippen LogP contribution in [-0.4, -0.2) is 40.1 Å². The monoisotopic (exact) mass is 656 g/mol. The highest BCUT2D eigenvalue weighted by atomic mass is 79.9. The standard InChI is InChI=1S/C12H12BrN3O2.C10H10BrN3O.BrH/c1-9(17)18-7-11-5-14-8-16(11)6-10-2-3-12(13)15-4-10;11-10-2-1-8(3-13-10)5-14-7-12-4-9(14)6-15;/h2-5,8H,6-7H2,1H3;1-4,7,15H,5-6H2;1H. The normalized spacial score (nSPS) is 10.1. The van der Waals surface area contributed by atoms with Crippen LogP contribution in [0.5, 0.6) is 0 Å². The maximum Gasteiger partial charge on any atom is 0.303 e. The van der Waals surface area contributed by atoms with Gasteiger partial charge in [0.1, 0.15) is 15.8 Å². The molecule has 0 saturated heterocycles. The van der Waals surface area contributed by atoms with E-state index < -0.39 is 0 Å². The van der Waals surface area contributed by atoms with E-state index in [-0.39, 0.29) is 36.2 Å². The minimum atomic E-state index is -0.298. The lowest BCUT2D eigenvalue weighted by Gasteiger charge is -2.08. The third-order valence-corrected chi connectivity index (χ3v) is 5.40. The molecule has 0 aliphatic heterocycles. The van der Waals surface area contributed by atoms with Crippen molar-refractivity contribution in [3.63, 3.8) is 0 Å². The molecule has 0 unspecified atom stereocenters. The van der Waals surface area contributed by atoms with Crippen molar-refractivity contribution in [1.82, 2.24) is 29.1 Å². The minimum absolute atomic E-state index is 0. The van der Waals surface area contributed by atoms with E-state index in [1.807, 2.05) is 33.4 Å². The summed E-state index contributed by atoms with van der Waals surface area (Å²) in [5.41, 5.74) is 3.79. The maximum atomic E-state index is 10.8. The van der Waals surface area contributed by atoms with Crippen LogP contribution in [-0.2, 0) is 35.8 Å². The van der Waals surface area contributed by atoms with E-state index in [9.17, 15) is 4.79 Å². The zero-order valence-electron chi connectivity index (χ0n) is 18.2. The first kappa shape index (κ1) is 27.8. The molecule has 4 rings (SSSR count). The van der Waals surface area contributed by atoms with Crippen LogP contribution < -0.4 is 0 Å². The van der Waals surface area contributed by atoms with Gasteiger partial charge >= 0.3 is 5.97 Å². The number of esters is 1. The molecule has 12 heteroatoms. The highest BCUT2D eigenvalue weighted by molar-refractivity contribution is 9.10. The summed E-state index contributed by atoms with van der Waals surface area (Å²) in [6.45, 7) is 2.95. The first-order valence-electron chi connectivity index (χ1n) is 9.87. The number of rotatable bonds is 7. The number of pyridine rings is 2. The average Bonchev–Trinajstić information content (AvgIpc) is 3.45. The predicted octanol–water partition coefficient (Wildman–Crippen LogP) is 4.31. The number of nitrogens with zero attached hydrogens (tertiary/aromatic N) is 6. The second-order valence-corrected chi connectivity index (χ2v) is 8.57. The number of aromatic nitrogens is 6. The van der Waals surface area contributed by atoms with Gasteiger partial charge in [-0.1, -0.05) is 12.1 Å². The maximum absolute atomic E-state index is 10.8. The van der Waals surface area contributed by atoms with Crippen molar-refractivity contribution in [3.8, 4) is 0 Å². The molecular formula is C22H23Br3N6O3. The number of carbonyl (C=O) groups excluding carboxylic acids is 1. The van der Waals surface area contributed by atoms with Crippen LogP contribution in [0.3, 0.4) is 0 Å². The van der Waals surface area contributed by atoms with Gasteiger partial charge in [0.15, 0.2) is 0 Å². The van der Waals surface area contributed by atoms with Crippen molar-refractivity contribution in [3.05, 3.63) is 93.4 Å². The Hall–Kier alpha value is -2.41. The molecule has 34 heavy (non-hydrogen) atoms. The van der Waals surface area contributed by atoms with Gasteiger partial charge in [0, 0.05) is 19.3 Å². The number of halogens is 3. The van der Waals surface area contributed by atoms with Crippen LogP contribution >= 0.6 is 48.8 Å². The Morgan fingerprint density at radius 2 is 1.38 bits per heavy atom. The summed E-state index contributed by atoms with van der Waals surface area (Å²) in [6, 6.07) is 7.74. The highest BCUT2D eigenvalue weighted by Crippen LogP contribution is 2.11. The van der Waals surface area contributed by atoms with Crippen LogP contribution in [0.1, 0.15) is 29.4 Å². The molecule has 0 fully saturated rings. The molecule has 0 radical (unpaired) electrons. The molecule has 0 atom stereocenters. The van der Waals surface area contributed by atoms with Gasteiger partial charge < -0.3 is 19.0 Å². The van der Waals surface area contributed by atoms with Gasteiger partial charge in [0.2, 0.25) is 0 Å². The third-order valence-electron chi connectivity index (χ3n) is 4.47. The van der Waals surface area contributed by atoms with Crippen LogP contribution in [0.4, 0.5) is 0 Å². The van der Waals surface area contributed by atoms with Crippen molar-refractivity contribution in [2.75, 3.05) is 0 Å². The Morgan fingerprint density at radius 3 is 1.82 bits per heavy atom. The SMILES string of the molecule is Br.CC(=O)OCc1cncn1Cc1ccc(Br)nc1.OCc1cncn1Cc1ccc(Br)nc1. The zero-order valence-corrected chi connectivity index (χ0v) is 23.1. The fourth-order valence-corrected chi connectivity index (χ4v) is 3.27. The van der Waals surface area contributed by atoms with Crippen LogP contribution in [0, 0.1) is 0 Å². The lowest BCUT2D eigenvalue weighted by molar-refractivity contribution is -0.142. The van der Waals surface area contributed by atoms with E-state index >= 15 is 0 Å². The topological polar surface area (TPSA) is 108 Å². The van der Waals surface area contributed by atoms with Gasteiger partial charge in [0.25, 0.3) is 0 Å². The highest BCUT2D eigenvalue weighted by Gasteiger charge is 2.05. The van der Waals surface area contributed by atoms with Crippen LogP contribution in [0.15, 0.2) is 70.9 Å². The van der Waals surface area contributed by atoms with Gasteiger partial charge in [-0.2, -0.15) is 0 Å². The summed E-state index contributed by atoms with van der Waals surface area (Å²) < 4.78 is 10.4. The van der Waals surface area contributed by atoms with Crippen molar-refractivity contribution >= 4 is 54.8 Å². The van der Waals surface area contributed by atoms with E-state index in [0.717, 1.165) is 31.7 Å². The quantitative estimate of drug-likeness (QED) is 0.233. The molecular weight excluding hydrogens is 636 g/mol. The number of carbonyl (C=O) groups is 1. The van der Waals surface area contributed by atoms with Gasteiger partial charge in [-0.3, -0.25) is 4.79 Å². The molecule has 0 amide bonds. The summed E-state index contributed by atoms with van der Waals surface area (Å²) in [4.78, 5) is 27.1. The lowest BCUT2D eigenvalue weighted by Crippen LogP contribution is -2.07. The Bertz CT molecular complexity index is 1160. The molecule has 4 aromatic rings. The molecule has 0 spiro atoms. The molecule has 180 valence electrons. The summed E-state index contributed by atoms with van der Waals surface area (Å²) in [5.74, 6) is -0.298. The molecule has 0 aliphatic rings. The smallest absolute Gasteiger partial charge is 0.303 e. The Kier molecular flexibility index (Phi) is 11.5. The summed E-state index contributed by atoms with van der Waals surface area (Å²) >= 11 is 6.57. The molecule has 0 aliphatic carbocycles. The summed E-state index contributed by atoms with van der Waals surface area (Å²) in [5, 5.41) is 9.05. The first-order chi connectivity index (χ1) is 15.9. The van der Waals surface area contributed by atoms with Gasteiger partial charge in [0.05, 0.1) is 56.1 Å². The van der Waals surface area contributed by atoms with Crippen molar-refractivity contribution < 1.29 is 14.6 Å². The molecule has 4 aromatic heterocycles. The van der Waals surface area contributed by atoms with Gasteiger partial charge in [-0.05, 0) is 55.1 Å². The number of hydrogen-bond donors (Lipinski definition) is 1. The number of ether oxygens (including phenoxy) is 1. The van der Waals surface area contributed by atoms with Gasteiger partial charge in [-0.15, -0.1) is 17.0 Å². The summed E-state index contributed by atoms with van der Waals surface area (Å²) in [6.07, 6.45) is 10.3. The van der Waals surface area contributed by atoms with Crippen molar-refractivity contribution in [2.45, 2.75) is 33.2 Å². The molecule has 0 saturated carbocycles. The second kappa shape index (κ2) is 14.1. The number of aliphatic hydroxyl groups is 1. The molecule has 1 N–H and O–H groups in total. The Balaban J connectivity index is 0.000000237. The fraction of sp³-hybridized carbons (Fsp3) is 0.227. The van der Waals surface area contributed by atoms with Crippen LogP contribution in [0.2, 0.25) is 0 Å². The number of hydrogen-bond acceptors (Lipinski definition) is 7.